The van der Waals surface area contributed by atoms with Crippen molar-refractivity contribution in [3.8, 4) is 78.5 Å². The molecule has 1 aliphatic carbocycles. The molecular formula is C58H37N3S. The number of hydrogen-bond donors (Lipinski definition) is 0. The van der Waals surface area contributed by atoms with Gasteiger partial charge in [-0.1, -0.05) is 200 Å². The zero-order chi connectivity index (χ0) is 41.0. The Kier molecular flexibility index (Phi) is 8.65. The third-order valence-electron chi connectivity index (χ3n) is 12.4. The molecule has 0 N–H and O–H groups in total. The molecule has 0 bridgehead atoms. The van der Waals surface area contributed by atoms with Gasteiger partial charge in [-0.05, 0) is 74.8 Å². The number of benzene rings is 8. The molecule has 0 atom stereocenters. The lowest BCUT2D eigenvalue weighted by Gasteiger charge is -2.39. The molecule has 3 nitrogen and oxygen atoms in total. The summed E-state index contributed by atoms with van der Waals surface area (Å²) in [4.78, 5) is 18.2. The van der Waals surface area contributed by atoms with Crippen LogP contribution in [0.5, 0.6) is 0 Å². The van der Waals surface area contributed by atoms with Crippen molar-refractivity contribution in [2.75, 3.05) is 0 Å². The number of rotatable bonds is 6. The van der Waals surface area contributed by atoms with Crippen LogP contribution in [-0.2, 0) is 5.41 Å². The predicted octanol–water partition coefficient (Wildman–Crippen LogP) is 14.7. The molecule has 0 saturated carbocycles. The molecule has 3 heterocycles. The highest BCUT2D eigenvalue weighted by atomic mass is 32.2. The maximum absolute atomic E-state index is 5.33. The molecule has 12 rings (SSSR count). The summed E-state index contributed by atoms with van der Waals surface area (Å²) in [6.07, 6.45) is 1.99. The van der Waals surface area contributed by atoms with Crippen LogP contribution < -0.4 is 0 Å². The summed E-state index contributed by atoms with van der Waals surface area (Å²) in [7, 11) is 0. The molecule has 4 heteroatoms. The van der Waals surface area contributed by atoms with Gasteiger partial charge in [0.25, 0.3) is 0 Å². The Bertz CT molecular complexity index is 3260. The highest BCUT2D eigenvalue weighted by Gasteiger charge is 2.50. The van der Waals surface area contributed by atoms with Crippen LogP contribution in [0.4, 0.5) is 0 Å². The fraction of sp³-hybridized carbons (Fsp3) is 0.0172. The van der Waals surface area contributed by atoms with Crippen LogP contribution in [0.15, 0.2) is 234 Å². The lowest BCUT2D eigenvalue weighted by atomic mass is 9.67. The lowest BCUT2D eigenvalue weighted by molar-refractivity contribution is 0.722. The highest BCUT2D eigenvalue weighted by molar-refractivity contribution is 7.99. The van der Waals surface area contributed by atoms with E-state index >= 15 is 0 Å². The van der Waals surface area contributed by atoms with Gasteiger partial charge in [-0.2, -0.15) is 0 Å². The van der Waals surface area contributed by atoms with Gasteiger partial charge in [0.2, 0.25) is 0 Å². The third-order valence-corrected chi connectivity index (χ3v) is 13.6. The average molecular weight is 808 g/mol. The fourth-order valence-corrected chi connectivity index (χ4v) is 10.8. The Morgan fingerprint density at radius 2 is 0.806 bits per heavy atom. The number of aromatic nitrogens is 3. The average Bonchev–Trinajstić information content (AvgIpc) is 3.64. The van der Waals surface area contributed by atoms with Crippen molar-refractivity contribution in [1.29, 1.82) is 0 Å². The molecule has 0 radical (unpaired) electrons. The van der Waals surface area contributed by atoms with Crippen molar-refractivity contribution in [3.63, 3.8) is 0 Å². The van der Waals surface area contributed by atoms with Gasteiger partial charge in [0.15, 0.2) is 5.82 Å². The van der Waals surface area contributed by atoms with Crippen LogP contribution in [0.1, 0.15) is 22.3 Å². The van der Waals surface area contributed by atoms with Gasteiger partial charge in [0, 0.05) is 49.4 Å². The van der Waals surface area contributed by atoms with Gasteiger partial charge >= 0.3 is 0 Å². The first-order valence-corrected chi connectivity index (χ1v) is 21.8. The quantitative estimate of drug-likeness (QED) is 0.168. The summed E-state index contributed by atoms with van der Waals surface area (Å²) in [6, 6.07) is 78.1. The molecule has 0 amide bonds. The second-order valence-electron chi connectivity index (χ2n) is 15.9. The first-order chi connectivity index (χ1) is 30.7. The highest BCUT2D eigenvalue weighted by Crippen LogP contribution is 2.62. The fourth-order valence-electron chi connectivity index (χ4n) is 9.60. The van der Waals surface area contributed by atoms with E-state index in [1.54, 1.807) is 0 Å². The van der Waals surface area contributed by atoms with E-state index in [4.69, 9.17) is 15.0 Å². The van der Waals surface area contributed by atoms with E-state index in [0.717, 1.165) is 61.6 Å². The lowest BCUT2D eigenvalue weighted by Crippen LogP contribution is -2.31. The van der Waals surface area contributed by atoms with Crippen molar-refractivity contribution < 1.29 is 0 Å². The summed E-state index contributed by atoms with van der Waals surface area (Å²) in [6.45, 7) is 0. The Labute approximate surface area is 365 Å². The summed E-state index contributed by atoms with van der Waals surface area (Å²) in [5.41, 5.74) is 18.5. The molecule has 0 unspecified atom stereocenters. The summed E-state index contributed by atoms with van der Waals surface area (Å²) < 4.78 is 0. The first-order valence-electron chi connectivity index (χ1n) is 21.0. The summed E-state index contributed by atoms with van der Waals surface area (Å²) in [5.74, 6) is 0.694. The molecule has 2 aliphatic rings. The van der Waals surface area contributed by atoms with Gasteiger partial charge in [-0.25, -0.2) is 9.97 Å². The third kappa shape index (κ3) is 5.87. The van der Waals surface area contributed by atoms with E-state index in [-0.39, 0.29) is 0 Å². The van der Waals surface area contributed by atoms with Crippen molar-refractivity contribution in [2.45, 2.75) is 15.2 Å². The predicted molar refractivity (Wildman–Crippen MR) is 254 cm³/mol. The van der Waals surface area contributed by atoms with E-state index in [2.05, 4.69) is 206 Å². The topological polar surface area (TPSA) is 38.7 Å². The van der Waals surface area contributed by atoms with Crippen LogP contribution in [0.3, 0.4) is 0 Å². The minimum atomic E-state index is -0.429. The standard InChI is InChI=1S/C58H37N3S/c1-4-16-39(17-5-1)46-35-44(37-59-56(46)42-20-8-3-9-21-42)38-28-30-41(31-29-38)53-36-52(40-18-6-2-7-19-40)60-57(61-53)43-32-33-49-47(34-43)45-22-10-11-23-48(45)58(49)50-24-12-14-26-54(50)62-55-27-15-13-25-51(55)58/h1-37H. The van der Waals surface area contributed by atoms with Crippen LogP contribution in [0.25, 0.3) is 78.5 Å². The van der Waals surface area contributed by atoms with Crippen molar-refractivity contribution >= 4 is 11.8 Å². The second-order valence-corrected chi connectivity index (χ2v) is 17.0. The van der Waals surface area contributed by atoms with Crippen LogP contribution in [0, 0.1) is 0 Å². The largest absolute Gasteiger partial charge is 0.255 e. The van der Waals surface area contributed by atoms with E-state index < -0.39 is 5.41 Å². The second kappa shape index (κ2) is 14.8. The minimum absolute atomic E-state index is 0.429. The van der Waals surface area contributed by atoms with E-state index in [0.29, 0.717) is 5.82 Å². The van der Waals surface area contributed by atoms with Gasteiger partial charge in [0.05, 0.1) is 22.5 Å². The first kappa shape index (κ1) is 36.2. The zero-order valence-electron chi connectivity index (χ0n) is 33.6. The molecule has 1 spiro atoms. The monoisotopic (exact) mass is 807 g/mol. The number of nitrogens with zero attached hydrogens (tertiary/aromatic N) is 3. The zero-order valence-corrected chi connectivity index (χ0v) is 34.4. The minimum Gasteiger partial charge on any atom is -0.255 e. The van der Waals surface area contributed by atoms with E-state index in [1.165, 1.54) is 43.2 Å². The Morgan fingerprint density at radius 3 is 1.47 bits per heavy atom. The van der Waals surface area contributed by atoms with Crippen molar-refractivity contribution in [1.82, 2.24) is 15.0 Å². The van der Waals surface area contributed by atoms with Gasteiger partial charge in [-0.3, -0.25) is 4.98 Å². The molecular weight excluding hydrogens is 771 g/mol. The Morgan fingerprint density at radius 1 is 0.323 bits per heavy atom. The van der Waals surface area contributed by atoms with Crippen molar-refractivity contribution in [3.05, 3.63) is 247 Å². The van der Waals surface area contributed by atoms with Crippen LogP contribution >= 0.6 is 11.8 Å². The number of fused-ring (bicyclic) bond motifs is 9. The Hall–Kier alpha value is -7.66. The SMILES string of the molecule is c1ccc(-c2cc(-c3ccc(-c4cnc(-c5ccccc5)c(-c5ccccc5)c4)cc3)nc(-c3ccc4c(c3)-c3ccccc3C43c4ccccc4Sc4ccccc43)n2)cc1. The maximum Gasteiger partial charge on any atom is 0.160 e. The molecule has 2 aromatic heterocycles. The summed E-state index contributed by atoms with van der Waals surface area (Å²) >= 11 is 1.87. The van der Waals surface area contributed by atoms with Crippen LogP contribution in [-0.4, -0.2) is 15.0 Å². The molecule has 1 aliphatic heterocycles. The van der Waals surface area contributed by atoms with E-state index in [1.807, 2.05) is 30.1 Å². The molecule has 0 saturated heterocycles. The number of hydrogen-bond acceptors (Lipinski definition) is 4. The molecule has 290 valence electrons. The molecule has 10 aromatic rings. The van der Waals surface area contributed by atoms with Gasteiger partial charge in [-0.15, -0.1) is 0 Å². The Balaban J connectivity index is 0.975. The molecule has 0 fully saturated rings. The van der Waals surface area contributed by atoms with E-state index in [9.17, 15) is 0 Å². The molecule has 8 aromatic carbocycles. The van der Waals surface area contributed by atoms with Crippen LogP contribution in [0.2, 0.25) is 0 Å². The van der Waals surface area contributed by atoms with Gasteiger partial charge in [0.1, 0.15) is 0 Å². The number of pyridine rings is 1. The summed E-state index contributed by atoms with van der Waals surface area (Å²) in [5, 5.41) is 0. The van der Waals surface area contributed by atoms with Crippen molar-refractivity contribution in [2.24, 2.45) is 0 Å². The smallest absolute Gasteiger partial charge is 0.160 e. The van der Waals surface area contributed by atoms with Gasteiger partial charge < -0.3 is 0 Å². The maximum atomic E-state index is 5.33. The molecule has 62 heavy (non-hydrogen) atoms. The normalized spacial score (nSPS) is 12.9.